The number of nitrogens with one attached hydrogen (secondary N) is 2. The van der Waals surface area contributed by atoms with Gasteiger partial charge in [-0.15, -0.1) is 0 Å². The zero-order valence-corrected chi connectivity index (χ0v) is 13.2. The third kappa shape index (κ3) is 3.73. The number of anilines is 1. The Hall–Kier alpha value is -1.62. The monoisotopic (exact) mass is 290 g/mol. The van der Waals surface area contributed by atoms with Crippen LogP contribution in [0.15, 0.2) is 18.3 Å². The van der Waals surface area contributed by atoms with E-state index in [0.717, 1.165) is 31.7 Å². The van der Waals surface area contributed by atoms with E-state index in [0.29, 0.717) is 12.6 Å². The van der Waals surface area contributed by atoms with Gasteiger partial charge in [0.1, 0.15) is 11.9 Å². The Labute approximate surface area is 127 Å². The maximum absolute atomic E-state index is 12.0. The lowest BCUT2D eigenvalue weighted by Crippen LogP contribution is -2.55. The van der Waals surface area contributed by atoms with Crippen LogP contribution in [-0.4, -0.2) is 36.6 Å². The highest BCUT2D eigenvalue weighted by molar-refractivity contribution is 5.86. The number of pyridine rings is 1. The van der Waals surface area contributed by atoms with Crippen molar-refractivity contribution in [2.45, 2.75) is 45.7 Å². The fraction of sp³-hybridized carbons (Fsp3) is 0.625. The first-order valence-electron chi connectivity index (χ1n) is 7.91. The van der Waals surface area contributed by atoms with Gasteiger partial charge in [0, 0.05) is 25.3 Å². The van der Waals surface area contributed by atoms with Crippen molar-refractivity contribution in [2.24, 2.45) is 0 Å². The van der Waals surface area contributed by atoms with Crippen molar-refractivity contribution in [2.75, 3.05) is 24.5 Å². The van der Waals surface area contributed by atoms with Gasteiger partial charge in [-0.2, -0.15) is 0 Å². The van der Waals surface area contributed by atoms with Crippen LogP contribution in [0.4, 0.5) is 5.82 Å². The molecule has 0 saturated carbocycles. The van der Waals surface area contributed by atoms with Crippen LogP contribution in [-0.2, 0) is 4.79 Å². The standard InChI is InChI=1S/C16H26N4O/c1-4-7-17-12(3)13-6-8-18-15(11-13)20-10-9-19-16(21)14(20)5-2/h6,8,11-12,14,17H,4-5,7,9-10H2,1-3H3,(H,19,21). The van der Waals surface area contributed by atoms with E-state index in [1.54, 1.807) is 0 Å². The summed E-state index contributed by atoms with van der Waals surface area (Å²) >= 11 is 0. The number of hydrogen-bond acceptors (Lipinski definition) is 4. The van der Waals surface area contributed by atoms with Crippen molar-refractivity contribution in [3.05, 3.63) is 23.9 Å². The van der Waals surface area contributed by atoms with Gasteiger partial charge in [0.05, 0.1) is 0 Å². The molecule has 2 atom stereocenters. The molecular formula is C16H26N4O. The average Bonchev–Trinajstić information content (AvgIpc) is 2.52. The number of rotatable bonds is 6. The fourth-order valence-corrected chi connectivity index (χ4v) is 2.73. The van der Waals surface area contributed by atoms with Crippen molar-refractivity contribution >= 4 is 11.7 Å². The molecule has 0 aromatic carbocycles. The lowest BCUT2D eigenvalue weighted by Gasteiger charge is -2.35. The van der Waals surface area contributed by atoms with Crippen LogP contribution in [0, 0.1) is 0 Å². The number of aromatic nitrogens is 1. The number of carbonyl (C=O) groups is 1. The molecule has 1 aliphatic heterocycles. The number of nitrogens with zero attached hydrogens (tertiary/aromatic N) is 2. The van der Waals surface area contributed by atoms with Crippen molar-refractivity contribution in [1.82, 2.24) is 15.6 Å². The minimum atomic E-state index is -0.111. The summed E-state index contributed by atoms with van der Waals surface area (Å²) in [4.78, 5) is 18.6. The van der Waals surface area contributed by atoms with Crippen LogP contribution in [0.3, 0.4) is 0 Å². The molecular weight excluding hydrogens is 264 g/mol. The van der Waals surface area contributed by atoms with Gasteiger partial charge in [0.2, 0.25) is 5.91 Å². The molecule has 0 radical (unpaired) electrons. The van der Waals surface area contributed by atoms with Crippen LogP contribution in [0.1, 0.15) is 45.2 Å². The van der Waals surface area contributed by atoms with Gasteiger partial charge in [-0.1, -0.05) is 13.8 Å². The fourth-order valence-electron chi connectivity index (χ4n) is 2.73. The molecule has 116 valence electrons. The quantitative estimate of drug-likeness (QED) is 0.839. The Morgan fingerprint density at radius 3 is 3.05 bits per heavy atom. The predicted octanol–water partition coefficient (Wildman–Crippen LogP) is 1.86. The minimum absolute atomic E-state index is 0.105. The van der Waals surface area contributed by atoms with Crippen LogP contribution in [0.2, 0.25) is 0 Å². The van der Waals surface area contributed by atoms with E-state index >= 15 is 0 Å². The summed E-state index contributed by atoms with van der Waals surface area (Å²) < 4.78 is 0. The Morgan fingerprint density at radius 2 is 2.33 bits per heavy atom. The molecule has 1 aliphatic rings. The third-order valence-corrected chi connectivity index (χ3v) is 3.98. The van der Waals surface area contributed by atoms with Crippen molar-refractivity contribution in [3.8, 4) is 0 Å². The van der Waals surface area contributed by atoms with Gasteiger partial charge in [0.15, 0.2) is 0 Å². The first kappa shape index (κ1) is 15.8. The molecule has 1 aromatic heterocycles. The normalized spacial score (nSPS) is 20.2. The van der Waals surface area contributed by atoms with Gasteiger partial charge in [-0.3, -0.25) is 4.79 Å². The van der Waals surface area contributed by atoms with Crippen molar-refractivity contribution < 1.29 is 4.79 Å². The Bertz CT molecular complexity index is 477. The molecule has 5 nitrogen and oxygen atoms in total. The van der Waals surface area contributed by atoms with Crippen LogP contribution in [0.25, 0.3) is 0 Å². The number of carbonyl (C=O) groups excluding carboxylic acids is 1. The highest BCUT2D eigenvalue weighted by Crippen LogP contribution is 2.22. The predicted molar refractivity (Wildman–Crippen MR) is 85.4 cm³/mol. The largest absolute Gasteiger partial charge is 0.353 e. The topological polar surface area (TPSA) is 57.3 Å². The molecule has 2 heterocycles. The molecule has 0 aliphatic carbocycles. The molecule has 1 amide bonds. The van der Waals surface area contributed by atoms with Crippen LogP contribution in [0.5, 0.6) is 0 Å². The molecule has 2 rings (SSSR count). The van der Waals surface area contributed by atoms with E-state index in [1.165, 1.54) is 5.56 Å². The van der Waals surface area contributed by atoms with E-state index in [9.17, 15) is 4.79 Å². The van der Waals surface area contributed by atoms with Crippen LogP contribution < -0.4 is 15.5 Å². The lowest BCUT2D eigenvalue weighted by atomic mass is 10.1. The number of amides is 1. The summed E-state index contributed by atoms with van der Waals surface area (Å²) in [6.45, 7) is 8.87. The van der Waals surface area contributed by atoms with Gasteiger partial charge >= 0.3 is 0 Å². The van der Waals surface area contributed by atoms with E-state index in [1.807, 2.05) is 19.2 Å². The molecule has 1 aromatic rings. The summed E-state index contributed by atoms with van der Waals surface area (Å²) in [5.74, 6) is 1.01. The SMILES string of the molecule is CCCNC(C)c1ccnc(N2CCNC(=O)C2CC)c1. The highest BCUT2D eigenvalue weighted by Gasteiger charge is 2.29. The molecule has 2 N–H and O–H groups in total. The van der Waals surface area contributed by atoms with Crippen molar-refractivity contribution in [1.29, 1.82) is 0 Å². The second-order valence-electron chi connectivity index (χ2n) is 5.53. The average molecular weight is 290 g/mol. The van der Waals surface area contributed by atoms with E-state index in [2.05, 4.69) is 40.4 Å². The van der Waals surface area contributed by atoms with Crippen molar-refractivity contribution in [3.63, 3.8) is 0 Å². The first-order valence-corrected chi connectivity index (χ1v) is 7.91. The van der Waals surface area contributed by atoms with E-state index in [4.69, 9.17) is 0 Å². The smallest absolute Gasteiger partial charge is 0.242 e. The summed E-state index contributed by atoms with van der Waals surface area (Å²) in [5, 5.41) is 6.41. The first-order chi connectivity index (χ1) is 10.2. The second kappa shape index (κ2) is 7.41. The molecule has 5 heteroatoms. The maximum Gasteiger partial charge on any atom is 0.242 e. The molecule has 21 heavy (non-hydrogen) atoms. The highest BCUT2D eigenvalue weighted by atomic mass is 16.2. The third-order valence-electron chi connectivity index (χ3n) is 3.98. The Kier molecular flexibility index (Phi) is 5.56. The summed E-state index contributed by atoms with van der Waals surface area (Å²) in [5.41, 5.74) is 1.22. The van der Waals surface area contributed by atoms with Gasteiger partial charge in [-0.25, -0.2) is 4.98 Å². The zero-order valence-electron chi connectivity index (χ0n) is 13.2. The molecule has 0 bridgehead atoms. The minimum Gasteiger partial charge on any atom is -0.353 e. The molecule has 1 fully saturated rings. The summed E-state index contributed by atoms with van der Waals surface area (Å²) in [7, 11) is 0. The van der Waals surface area contributed by atoms with Crippen LogP contribution >= 0.6 is 0 Å². The number of piperazine rings is 1. The van der Waals surface area contributed by atoms with Gasteiger partial charge < -0.3 is 15.5 Å². The second-order valence-corrected chi connectivity index (χ2v) is 5.53. The van der Waals surface area contributed by atoms with Gasteiger partial charge in [-0.05, 0) is 44.0 Å². The van der Waals surface area contributed by atoms with E-state index < -0.39 is 0 Å². The molecule has 0 spiro atoms. The summed E-state index contributed by atoms with van der Waals surface area (Å²) in [6, 6.07) is 4.34. The molecule has 2 unspecified atom stereocenters. The Balaban J connectivity index is 2.17. The zero-order chi connectivity index (χ0) is 15.2. The number of hydrogen-bond donors (Lipinski definition) is 2. The maximum atomic E-state index is 12.0. The summed E-state index contributed by atoms with van der Waals surface area (Å²) in [6.07, 6.45) is 3.75. The Morgan fingerprint density at radius 1 is 1.52 bits per heavy atom. The molecule has 1 saturated heterocycles. The lowest BCUT2D eigenvalue weighted by molar-refractivity contribution is -0.123. The van der Waals surface area contributed by atoms with Gasteiger partial charge in [0.25, 0.3) is 0 Å². The van der Waals surface area contributed by atoms with E-state index in [-0.39, 0.29) is 11.9 Å².